The molecule has 17 heavy (non-hydrogen) atoms. The van der Waals surface area contributed by atoms with Crippen LogP contribution in [0, 0.1) is 0 Å². The lowest BCUT2D eigenvalue weighted by Gasteiger charge is -2.09. The molecule has 0 aliphatic carbocycles. The fourth-order valence-electron chi connectivity index (χ4n) is 1.15. The van der Waals surface area contributed by atoms with E-state index in [1.165, 1.54) is 6.20 Å². The lowest BCUT2D eigenvalue weighted by Crippen LogP contribution is -1.97. The smallest absolute Gasteiger partial charge is 0.224 e. The van der Waals surface area contributed by atoms with Gasteiger partial charge >= 0.3 is 0 Å². The minimum absolute atomic E-state index is 0.120. The summed E-state index contributed by atoms with van der Waals surface area (Å²) in [6.07, 6.45) is 1.43. The monoisotopic (exact) mass is 351 g/mol. The molecule has 0 atom stereocenters. The predicted octanol–water partition coefficient (Wildman–Crippen LogP) is 4.94. The van der Waals surface area contributed by atoms with E-state index >= 15 is 0 Å². The van der Waals surface area contributed by atoms with E-state index in [0.717, 1.165) is 10.2 Å². The predicted molar refractivity (Wildman–Crippen MR) is 74.5 cm³/mol. The van der Waals surface area contributed by atoms with E-state index in [4.69, 9.17) is 34.8 Å². The molecule has 1 aromatic carbocycles. The van der Waals surface area contributed by atoms with Crippen LogP contribution in [-0.4, -0.2) is 9.97 Å². The second kappa shape index (κ2) is 5.40. The molecule has 0 aliphatic heterocycles. The lowest BCUT2D eigenvalue weighted by atomic mass is 10.3. The van der Waals surface area contributed by atoms with Gasteiger partial charge in [0.1, 0.15) is 5.02 Å². The highest BCUT2D eigenvalue weighted by molar-refractivity contribution is 9.10. The third-order valence-electron chi connectivity index (χ3n) is 1.90. The largest absolute Gasteiger partial charge is 0.338 e. The van der Waals surface area contributed by atoms with Crippen LogP contribution in [0.1, 0.15) is 0 Å². The number of nitrogens with zero attached hydrogens (tertiary/aromatic N) is 2. The van der Waals surface area contributed by atoms with Crippen molar-refractivity contribution in [1.29, 1.82) is 0 Å². The molecule has 1 heterocycles. The maximum absolute atomic E-state index is 5.94. The van der Waals surface area contributed by atoms with Crippen LogP contribution in [0.25, 0.3) is 0 Å². The maximum atomic E-state index is 5.94. The van der Waals surface area contributed by atoms with Crippen LogP contribution in [0.5, 0.6) is 0 Å². The summed E-state index contributed by atoms with van der Waals surface area (Å²) < 4.78 is 0.840. The Hall–Kier alpha value is -0.550. The number of hydrogen-bond donors (Lipinski definition) is 1. The maximum Gasteiger partial charge on any atom is 0.224 e. The zero-order chi connectivity index (χ0) is 12.4. The summed E-state index contributed by atoms with van der Waals surface area (Å²) >= 11 is 20.9. The first-order valence-corrected chi connectivity index (χ1v) is 6.39. The highest BCUT2D eigenvalue weighted by Gasteiger charge is 2.07. The topological polar surface area (TPSA) is 37.8 Å². The molecule has 0 saturated carbocycles. The normalized spacial score (nSPS) is 10.4. The van der Waals surface area contributed by atoms with Crippen molar-refractivity contribution in [1.82, 2.24) is 9.97 Å². The van der Waals surface area contributed by atoms with Crippen molar-refractivity contribution in [3.8, 4) is 0 Å². The summed E-state index contributed by atoms with van der Waals surface area (Å²) in [5, 5.41) is 4.12. The molecule has 0 bridgehead atoms. The SMILES string of the molecule is Clc1ccc(Br)c(Nc2nc(Cl)ncc2Cl)c1. The van der Waals surface area contributed by atoms with Gasteiger partial charge < -0.3 is 5.32 Å². The summed E-state index contributed by atoms with van der Waals surface area (Å²) in [6, 6.07) is 5.34. The summed E-state index contributed by atoms with van der Waals surface area (Å²) in [6.45, 7) is 0. The number of anilines is 2. The Kier molecular flexibility index (Phi) is 4.09. The molecule has 7 heteroatoms. The average Bonchev–Trinajstić information content (AvgIpc) is 2.28. The lowest BCUT2D eigenvalue weighted by molar-refractivity contribution is 1.17. The third-order valence-corrected chi connectivity index (χ3v) is 3.28. The molecule has 0 radical (unpaired) electrons. The quantitative estimate of drug-likeness (QED) is 0.777. The number of halogens is 4. The fraction of sp³-hybridized carbons (Fsp3) is 0. The van der Waals surface area contributed by atoms with E-state index in [2.05, 4.69) is 31.2 Å². The molecule has 0 unspecified atom stereocenters. The number of aromatic nitrogens is 2. The van der Waals surface area contributed by atoms with Gasteiger partial charge in [0.15, 0.2) is 5.82 Å². The van der Waals surface area contributed by atoms with E-state index in [1.54, 1.807) is 12.1 Å². The highest BCUT2D eigenvalue weighted by atomic mass is 79.9. The first-order chi connectivity index (χ1) is 8.06. The van der Waals surface area contributed by atoms with E-state index < -0.39 is 0 Å². The van der Waals surface area contributed by atoms with Gasteiger partial charge in [-0.2, -0.15) is 4.98 Å². The molecular weight excluding hydrogens is 348 g/mol. The van der Waals surface area contributed by atoms with Crippen molar-refractivity contribution in [2.45, 2.75) is 0 Å². The Morgan fingerprint density at radius 2 is 1.94 bits per heavy atom. The van der Waals surface area contributed by atoms with Crippen molar-refractivity contribution < 1.29 is 0 Å². The molecule has 0 saturated heterocycles. The summed E-state index contributed by atoms with van der Waals surface area (Å²) in [5.74, 6) is 0.426. The van der Waals surface area contributed by atoms with E-state index in [-0.39, 0.29) is 5.28 Å². The molecule has 0 spiro atoms. The number of nitrogens with one attached hydrogen (secondary N) is 1. The summed E-state index contributed by atoms with van der Waals surface area (Å²) in [4.78, 5) is 7.75. The van der Waals surface area contributed by atoms with Crippen LogP contribution in [0.15, 0.2) is 28.9 Å². The number of hydrogen-bond acceptors (Lipinski definition) is 3. The van der Waals surface area contributed by atoms with Crippen LogP contribution in [0.2, 0.25) is 15.3 Å². The summed E-state index contributed by atoms with van der Waals surface area (Å²) in [5.41, 5.74) is 0.745. The van der Waals surface area contributed by atoms with E-state index in [0.29, 0.717) is 15.9 Å². The van der Waals surface area contributed by atoms with Crippen molar-refractivity contribution in [3.63, 3.8) is 0 Å². The van der Waals surface area contributed by atoms with Crippen LogP contribution in [0.4, 0.5) is 11.5 Å². The Morgan fingerprint density at radius 1 is 1.18 bits per heavy atom. The minimum Gasteiger partial charge on any atom is -0.338 e. The number of benzene rings is 1. The van der Waals surface area contributed by atoms with Gasteiger partial charge in [-0.05, 0) is 45.7 Å². The zero-order valence-corrected chi connectivity index (χ0v) is 12.1. The molecular formula is C10H5BrCl3N3. The second-order valence-electron chi connectivity index (χ2n) is 3.08. The standard InChI is InChI=1S/C10H5BrCl3N3/c11-6-2-1-5(12)3-8(6)16-9-7(13)4-15-10(14)17-9/h1-4H,(H,15,16,17). The molecule has 0 aliphatic rings. The molecule has 88 valence electrons. The van der Waals surface area contributed by atoms with Gasteiger partial charge in [0.2, 0.25) is 5.28 Å². The van der Waals surface area contributed by atoms with Gasteiger partial charge in [-0.25, -0.2) is 4.98 Å². The Morgan fingerprint density at radius 3 is 2.71 bits per heavy atom. The van der Waals surface area contributed by atoms with Crippen molar-refractivity contribution in [2.24, 2.45) is 0 Å². The van der Waals surface area contributed by atoms with Gasteiger partial charge in [0, 0.05) is 9.50 Å². The molecule has 2 rings (SSSR count). The van der Waals surface area contributed by atoms with Crippen LogP contribution >= 0.6 is 50.7 Å². The molecule has 2 aromatic rings. The Balaban J connectivity index is 2.37. The third kappa shape index (κ3) is 3.22. The minimum atomic E-state index is 0.120. The molecule has 1 aromatic heterocycles. The van der Waals surface area contributed by atoms with Gasteiger partial charge in [0.05, 0.1) is 11.9 Å². The second-order valence-corrected chi connectivity index (χ2v) is 5.12. The van der Waals surface area contributed by atoms with E-state index in [9.17, 15) is 0 Å². The first kappa shape index (κ1) is 12.9. The van der Waals surface area contributed by atoms with E-state index in [1.807, 2.05) is 6.07 Å². The Bertz CT molecular complexity index is 513. The summed E-state index contributed by atoms with van der Waals surface area (Å²) in [7, 11) is 0. The van der Waals surface area contributed by atoms with Gasteiger partial charge in [-0.3, -0.25) is 0 Å². The Labute approximate surface area is 121 Å². The van der Waals surface area contributed by atoms with Gasteiger partial charge in [-0.1, -0.05) is 23.2 Å². The highest BCUT2D eigenvalue weighted by Crippen LogP contribution is 2.30. The average molecular weight is 353 g/mol. The number of rotatable bonds is 2. The van der Waals surface area contributed by atoms with Gasteiger partial charge in [-0.15, -0.1) is 0 Å². The molecule has 3 nitrogen and oxygen atoms in total. The first-order valence-electron chi connectivity index (χ1n) is 4.46. The molecule has 0 amide bonds. The zero-order valence-electron chi connectivity index (χ0n) is 8.22. The van der Waals surface area contributed by atoms with Crippen LogP contribution in [-0.2, 0) is 0 Å². The van der Waals surface area contributed by atoms with Crippen LogP contribution < -0.4 is 5.32 Å². The van der Waals surface area contributed by atoms with Crippen LogP contribution in [0.3, 0.4) is 0 Å². The van der Waals surface area contributed by atoms with Crippen molar-refractivity contribution >= 4 is 62.2 Å². The van der Waals surface area contributed by atoms with Gasteiger partial charge in [0.25, 0.3) is 0 Å². The molecule has 0 fully saturated rings. The van der Waals surface area contributed by atoms with Crippen molar-refractivity contribution in [2.75, 3.05) is 5.32 Å². The molecule has 1 N–H and O–H groups in total. The fourth-order valence-corrected chi connectivity index (χ4v) is 1.94. The van der Waals surface area contributed by atoms with Crippen molar-refractivity contribution in [3.05, 3.63) is 44.2 Å².